The molecule has 1 aromatic heterocycles. The van der Waals surface area contributed by atoms with Crippen molar-refractivity contribution in [3.63, 3.8) is 0 Å². The molecule has 0 aliphatic carbocycles. The molecule has 0 atom stereocenters. The minimum Gasteiger partial charge on any atom is -0.354 e. The Morgan fingerprint density at radius 3 is 2.46 bits per heavy atom. The summed E-state index contributed by atoms with van der Waals surface area (Å²) in [6.45, 7) is 4.10. The van der Waals surface area contributed by atoms with Crippen LogP contribution in [0, 0.1) is 0 Å². The quantitative estimate of drug-likeness (QED) is 0.726. The standard InChI is InChI=1S/C15H19N5O3S/c1-3-6-17-15-18-8-11(9-19-15)13-5-4-12(20-10(2)21)7-14(13)24(16,22)23/h4-5,7-9H,3,6H2,1-2H3,(H,20,21)(H2,16,22,23)(H,17,18,19). The molecule has 0 aliphatic heterocycles. The molecule has 0 saturated heterocycles. The van der Waals surface area contributed by atoms with E-state index >= 15 is 0 Å². The number of carbonyl (C=O) groups excluding carboxylic acids is 1. The molecule has 1 aromatic carbocycles. The Kier molecular flexibility index (Phi) is 5.47. The van der Waals surface area contributed by atoms with E-state index in [9.17, 15) is 13.2 Å². The van der Waals surface area contributed by atoms with Crippen LogP contribution >= 0.6 is 0 Å². The van der Waals surface area contributed by atoms with Gasteiger partial charge in [-0.1, -0.05) is 13.0 Å². The van der Waals surface area contributed by atoms with Crippen molar-refractivity contribution in [1.82, 2.24) is 9.97 Å². The molecule has 0 spiro atoms. The minimum absolute atomic E-state index is 0.105. The van der Waals surface area contributed by atoms with Crippen LogP contribution in [0.25, 0.3) is 11.1 Å². The maximum Gasteiger partial charge on any atom is 0.238 e. The highest BCUT2D eigenvalue weighted by Gasteiger charge is 2.17. The van der Waals surface area contributed by atoms with E-state index in [1.807, 2.05) is 6.92 Å². The SMILES string of the molecule is CCCNc1ncc(-c2ccc(NC(C)=O)cc2S(N)(=O)=O)cn1. The first-order chi connectivity index (χ1) is 11.3. The molecule has 2 aromatic rings. The normalized spacial score (nSPS) is 11.1. The molecule has 0 bridgehead atoms. The molecule has 2 rings (SSSR count). The molecule has 0 radical (unpaired) electrons. The third-order valence-electron chi connectivity index (χ3n) is 3.10. The smallest absolute Gasteiger partial charge is 0.238 e. The van der Waals surface area contributed by atoms with E-state index in [0.717, 1.165) is 13.0 Å². The maximum absolute atomic E-state index is 11.9. The van der Waals surface area contributed by atoms with Gasteiger partial charge in [0.25, 0.3) is 0 Å². The zero-order valence-corrected chi connectivity index (χ0v) is 14.2. The molecule has 1 amide bonds. The topological polar surface area (TPSA) is 127 Å². The highest BCUT2D eigenvalue weighted by Crippen LogP contribution is 2.28. The summed E-state index contributed by atoms with van der Waals surface area (Å²) >= 11 is 0. The number of benzene rings is 1. The predicted octanol–water partition coefficient (Wildman–Crippen LogP) is 1.57. The van der Waals surface area contributed by atoms with Gasteiger partial charge >= 0.3 is 0 Å². The number of amides is 1. The molecule has 128 valence electrons. The number of nitrogens with two attached hydrogens (primary N) is 1. The van der Waals surface area contributed by atoms with E-state index in [4.69, 9.17) is 5.14 Å². The van der Waals surface area contributed by atoms with Crippen LogP contribution < -0.4 is 15.8 Å². The van der Waals surface area contributed by atoms with Gasteiger partial charge in [-0.15, -0.1) is 0 Å². The molecule has 0 saturated carbocycles. The van der Waals surface area contributed by atoms with E-state index < -0.39 is 10.0 Å². The number of rotatable bonds is 6. The number of carbonyl (C=O) groups is 1. The fourth-order valence-electron chi connectivity index (χ4n) is 2.07. The predicted molar refractivity (Wildman–Crippen MR) is 91.9 cm³/mol. The third-order valence-corrected chi connectivity index (χ3v) is 4.06. The summed E-state index contributed by atoms with van der Waals surface area (Å²) in [6.07, 6.45) is 3.98. The van der Waals surface area contributed by atoms with E-state index in [-0.39, 0.29) is 10.8 Å². The van der Waals surface area contributed by atoms with Crippen molar-refractivity contribution >= 4 is 27.6 Å². The Morgan fingerprint density at radius 1 is 1.25 bits per heavy atom. The van der Waals surface area contributed by atoms with E-state index in [2.05, 4.69) is 20.6 Å². The fourth-order valence-corrected chi connectivity index (χ4v) is 2.86. The van der Waals surface area contributed by atoms with Gasteiger partial charge in [-0.05, 0) is 18.6 Å². The molecular weight excluding hydrogens is 330 g/mol. The van der Waals surface area contributed by atoms with Crippen molar-refractivity contribution < 1.29 is 13.2 Å². The fraction of sp³-hybridized carbons (Fsp3) is 0.267. The van der Waals surface area contributed by atoms with Gasteiger partial charge in [0.05, 0.1) is 4.90 Å². The number of aromatic nitrogens is 2. The molecule has 0 aliphatic rings. The second kappa shape index (κ2) is 7.37. The van der Waals surface area contributed by atoms with Gasteiger partial charge in [0.1, 0.15) is 0 Å². The summed E-state index contributed by atoms with van der Waals surface area (Å²) in [6, 6.07) is 4.47. The number of primary sulfonamides is 1. The first-order valence-electron chi connectivity index (χ1n) is 7.32. The number of nitrogens with one attached hydrogen (secondary N) is 2. The third kappa shape index (κ3) is 4.49. The average Bonchev–Trinajstić information content (AvgIpc) is 2.52. The molecular formula is C15H19N5O3S. The summed E-state index contributed by atoms with van der Waals surface area (Å²) in [7, 11) is -3.99. The lowest BCUT2D eigenvalue weighted by Gasteiger charge is -2.11. The van der Waals surface area contributed by atoms with Crippen LogP contribution in [0.3, 0.4) is 0 Å². The summed E-state index contributed by atoms with van der Waals surface area (Å²) in [5, 5.41) is 10.9. The first kappa shape index (κ1) is 17.8. The summed E-state index contributed by atoms with van der Waals surface area (Å²) in [5.74, 6) is 0.158. The first-order valence-corrected chi connectivity index (χ1v) is 8.86. The molecule has 4 N–H and O–H groups in total. The van der Waals surface area contributed by atoms with E-state index in [1.54, 1.807) is 12.1 Å². The monoisotopic (exact) mass is 349 g/mol. The number of hydrogen-bond acceptors (Lipinski definition) is 6. The van der Waals surface area contributed by atoms with Crippen LogP contribution in [0.4, 0.5) is 11.6 Å². The van der Waals surface area contributed by atoms with Crippen LogP contribution in [-0.4, -0.2) is 30.8 Å². The Hall–Kier alpha value is -2.52. The number of hydrogen-bond donors (Lipinski definition) is 3. The number of sulfonamides is 1. The lowest BCUT2D eigenvalue weighted by Crippen LogP contribution is -2.15. The van der Waals surface area contributed by atoms with Crippen molar-refractivity contribution in [3.8, 4) is 11.1 Å². The lowest BCUT2D eigenvalue weighted by molar-refractivity contribution is -0.114. The summed E-state index contributed by atoms with van der Waals surface area (Å²) in [4.78, 5) is 19.3. The molecule has 8 nitrogen and oxygen atoms in total. The minimum atomic E-state index is -3.99. The van der Waals surface area contributed by atoms with Crippen LogP contribution in [0.2, 0.25) is 0 Å². The van der Waals surface area contributed by atoms with Crippen molar-refractivity contribution in [3.05, 3.63) is 30.6 Å². The van der Waals surface area contributed by atoms with Crippen molar-refractivity contribution in [2.24, 2.45) is 5.14 Å². The zero-order chi connectivity index (χ0) is 17.7. The van der Waals surface area contributed by atoms with Gasteiger partial charge in [-0.25, -0.2) is 23.5 Å². The van der Waals surface area contributed by atoms with Crippen molar-refractivity contribution in [2.45, 2.75) is 25.2 Å². The van der Waals surface area contributed by atoms with Gasteiger partial charge in [-0.2, -0.15) is 0 Å². The van der Waals surface area contributed by atoms with Gasteiger partial charge in [0.15, 0.2) is 0 Å². The van der Waals surface area contributed by atoms with Gasteiger partial charge < -0.3 is 10.6 Å². The van der Waals surface area contributed by atoms with E-state index in [1.165, 1.54) is 25.4 Å². The highest BCUT2D eigenvalue weighted by molar-refractivity contribution is 7.89. The molecule has 24 heavy (non-hydrogen) atoms. The molecule has 0 fully saturated rings. The number of anilines is 2. The maximum atomic E-state index is 11.9. The summed E-state index contributed by atoms with van der Waals surface area (Å²) in [5.41, 5.74) is 1.22. The second-order valence-corrected chi connectivity index (χ2v) is 6.69. The number of nitrogens with zero attached hydrogens (tertiary/aromatic N) is 2. The summed E-state index contributed by atoms with van der Waals surface area (Å²) < 4.78 is 23.8. The largest absolute Gasteiger partial charge is 0.354 e. The Morgan fingerprint density at radius 2 is 1.92 bits per heavy atom. The molecule has 1 heterocycles. The van der Waals surface area contributed by atoms with Crippen molar-refractivity contribution in [1.29, 1.82) is 0 Å². The van der Waals surface area contributed by atoms with Crippen LogP contribution in [-0.2, 0) is 14.8 Å². The Bertz CT molecular complexity index is 835. The molecule has 9 heteroatoms. The van der Waals surface area contributed by atoms with Gasteiger partial charge in [0, 0.05) is 42.7 Å². The Balaban J connectivity index is 2.43. The van der Waals surface area contributed by atoms with Crippen molar-refractivity contribution in [2.75, 3.05) is 17.2 Å². The second-order valence-electron chi connectivity index (χ2n) is 5.16. The zero-order valence-electron chi connectivity index (χ0n) is 13.4. The molecule has 0 unspecified atom stereocenters. The van der Waals surface area contributed by atoms with E-state index in [0.29, 0.717) is 22.8 Å². The van der Waals surface area contributed by atoms with Crippen LogP contribution in [0.15, 0.2) is 35.5 Å². The van der Waals surface area contributed by atoms with Crippen LogP contribution in [0.1, 0.15) is 20.3 Å². The van der Waals surface area contributed by atoms with Gasteiger partial charge in [0.2, 0.25) is 21.9 Å². The van der Waals surface area contributed by atoms with Crippen LogP contribution in [0.5, 0.6) is 0 Å². The highest BCUT2D eigenvalue weighted by atomic mass is 32.2. The lowest BCUT2D eigenvalue weighted by atomic mass is 10.1. The average molecular weight is 349 g/mol. The van der Waals surface area contributed by atoms with Gasteiger partial charge in [-0.3, -0.25) is 4.79 Å². The Labute approximate surface area is 140 Å².